The fraction of sp³-hybridized carbons (Fsp3) is 0.400. The molecule has 1 aliphatic heterocycles. The zero-order valence-corrected chi connectivity index (χ0v) is 11.9. The number of rotatable bonds is 2. The number of ether oxygens (including phenoxy) is 1. The highest BCUT2D eigenvalue weighted by Crippen LogP contribution is 2.49. The fourth-order valence-corrected chi connectivity index (χ4v) is 3.53. The number of nitro groups is 1. The first-order chi connectivity index (χ1) is 10.0. The smallest absolute Gasteiger partial charge is 0.334 e. The average molecular weight is 288 g/mol. The second-order valence-corrected chi connectivity index (χ2v) is 5.38. The van der Waals surface area contributed by atoms with E-state index < -0.39 is 28.4 Å². The Kier molecular flexibility index (Phi) is 3.06. The number of hydrogen-bond acceptors (Lipinski definition) is 4. The van der Waals surface area contributed by atoms with Gasteiger partial charge >= 0.3 is 11.4 Å². The summed E-state index contributed by atoms with van der Waals surface area (Å²) >= 11 is 0. The lowest BCUT2D eigenvalue weighted by Crippen LogP contribution is -2.66. The summed E-state index contributed by atoms with van der Waals surface area (Å²) in [6.45, 7) is 0. The molecule has 0 spiro atoms. The van der Waals surface area contributed by atoms with E-state index in [1.54, 1.807) is 13.1 Å². The maximum Gasteiger partial charge on any atom is 0.334 e. The van der Waals surface area contributed by atoms with Crippen LogP contribution in [0.2, 0.25) is 0 Å². The van der Waals surface area contributed by atoms with Gasteiger partial charge in [0, 0.05) is 24.8 Å². The summed E-state index contributed by atoms with van der Waals surface area (Å²) in [5.41, 5.74) is -0.232. The van der Waals surface area contributed by atoms with E-state index in [-0.39, 0.29) is 0 Å². The topological polar surface area (TPSA) is 72.7 Å². The Morgan fingerprint density at radius 3 is 2.81 bits per heavy atom. The summed E-state index contributed by atoms with van der Waals surface area (Å²) in [6, 6.07) is 7.34. The lowest BCUT2D eigenvalue weighted by molar-refractivity contribution is -0.568. The first-order valence-electron chi connectivity index (χ1n) is 6.76. The molecule has 1 aliphatic carbocycles. The third-order valence-corrected chi connectivity index (χ3v) is 4.52. The molecular formula is C15H16N2O4. The number of hydrogen-bond donors (Lipinski definition) is 0. The molecule has 1 aromatic rings. The monoisotopic (exact) mass is 288 g/mol. The molecule has 0 bridgehead atoms. The number of methoxy groups -OCH3 is 1. The Balaban J connectivity index is 2.30. The molecule has 6 nitrogen and oxygen atoms in total. The van der Waals surface area contributed by atoms with E-state index in [1.807, 2.05) is 30.3 Å². The van der Waals surface area contributed by atoms with Gasteiger partial charge in [0.1, 0.15) is 0 Å². The second kappa shape index (κ2) is 4.66. The van der Waals surface area contributed by atoms with Gasteiger partial charge in [-0.3, -0.25) is 14.9 Å². The van der Waals surface area contributed by atoms with Crippen LogP contribution in [-0.4, -0.2) is 36.6 Å². The quantitative estimate of drug-likeness (QED) is 0.472. The van der Waals surface area contributed by atoms with Crippen molar-refractivity contribution in [3.05, 3.63) is 52.1 Å². The first kappa shape index (κ1) is 13.8. The van der Waals surface area contributed by atoms with Gasteiger partial charge in [0.05, 0.1) is 5.92 Å². The van der Waals surface area contributed by atoms with Gasteiger partial charge in [-0.15, -0.1) is 0 Å². The van der Waals surface area contributed by atoms with Crippen molar-refractivity contribution in [1.29, 1.82) is 0 Å². The van der Waals surface area contributed by atoms with Crippen molar-refractivity contribution < 1.29 is 14.5 Å². The molecular weight excluding hydrogens is 272 g/mol. The molecule has 1 heterocycles. The van der Waals surface area contributed by atoms with E-state index in [1.165, 1.54) is 12.0 Å². The van der Waals surface area contributed by atoms with E-state index in [4.69, 9.17) is 4.74 Å². The van der Waals surface area contributed by atoms with Crippen LogP contribution in [0.4, 0.5) is 5.69 Å². The molecule has 1 amide bonds. The molecule has 2 aliphatic rings. The number of likely N-dealkylation sites (N-methyl/N-ethyl adjacent to an activating group) is 1. The SMILES string of the molecule is COC1C=CC[C@H]2c3ccccc3N(C)C(=O)[C@@]12[N+](=O)[O-]. The normalized spacial score (nSPS) is 30.8. The van der Waals surface area contributed by atoms with Crippen LogP contribution >= 0.6 is 0 Å². The Morgan fingerprint density at radius 1 is 1.43 bits per heavy atom. The minimum atomic E-state index is -1.79. The lowest BCUT2D eigenvalue weighted by Gasteiger charge is -2.44. The highest BCUT2D eigenvalue weighted by molar-refractivity contribution is 6.03. The average Bonchev–Trinajstić information content (AvgIpc) is 2.51. The highest BCUT2D eigenvalue weighted by atomic mass is 16.6. The third kappa shape index (κ3) is 1.59. The summed E-state index contributed by atoms with van der Waals surface area (Å²) < 4.78 is 5.28. The predicted molar refractivity (Wildman–Crippen MR) is 76.9 cm³/mol. The van der Waals surface area contributed by atoms with Crippen molar-refractivity contribution in [2.24, 2.45) is 0 Å². The summed E-state index contributed by atoms with van der Waals surface area (Å²) in [6.07, 6.45) is 3.07. The fourth-order valence-electron chi connectivity index (χ4n) is 3.53. The number of nitrogens with zero attached hydrogens (tertiary/aromatic N) is 2. The molecule has 3 rings (SSSR count). The van der Waals surface area contributed by atoms with Crippen LogP contribution in [0, 0.1) is 10.1 Å². The molecule has 0 fully saturated rings. The molecule has 0 N–H and O–H groups in total. The number of para-hydroxylation sites is 1. The molecule has 110 valence electrons. The lowest BCUT2D eigenvalue weighted by atomic mass is 9.67. The number of allylic oxidation sites excluding steroid dienone is 1. The minimum Gasteiger partial charge on any atom is -0.369 e. The minimum absolute atomic E-state index is 0.456. The van der Waals surface area contributed by atoms with E-state index in [0.29, 0.717) is 6.42 Å². The Labute approximate surface area is 122 Å². The zero-order chi connectivity index (χ0) is 15.2. The standard InChI is InChI=1S/C15H16N2O4/c1-16-12-8-4-3-6-10(12)11-7-5-9-13(21-2)15(11,14(16)18)17(19)20/h3-6,8-9,11,13H,7H2,1-2H3/t11-,13?,15-/m0/s1. The molecule has 1 unspecified atom stereocenters. The second-order valence-electron chi connectivity index (χ2n) is 5.38. The van der Waals surface area contributed by atoms with Crippen LogP contribution in [0.5, 0.6) is 0 Å². The van der Waals surface area contributed by atoms with E-state index in [0.717, 1.165) is 11.3 Å². The van der Waals surface area contributed by atoms with Gasteiger partial charge in [-0.25, -0.2) is 0 Å². The van der Waals surface area contributed by atoms with Crippen LogP contribution in [-0.2, 0) is 9.53 Å². The van der Waals surface area contributed by atoms with Gasteiger partial charge in [0.15, 0.2) is 6.10 Å². The molecule has 3 atom stereocenters. The predicted octanol–water partition coefficient (Wildman–Crippen LogP) is 1.74. The maximum atomic E-state index is 12.8. The Hall–Kier alpha value is -2.21. The van der Waals surface area contributed by atoms with Crippen molar-refractivity contribution in [2.75, 3.05) is 19.1 Å². The third-order valence-electron chi connectivity index (χ3n) is 4.52. The van der Waals surface area contributed by atoms with Crippen molar-refractivity contribution >= 4 is 11.6 Å². The molecule has 0 saturated carbocycles. The van der Waals surface area contributed by atoms with Gasteiger partial charge in [0.2, 0.25) is 0 Å². The summed E-state index contributed by atoms with van der Waals surface area (Å²) in [4.78, 5) is 25.6. The van der Waals surface area contributed by atoms with Crippen molar-refractivity contribution in [1.82, 2.24) is 0 Å². The number of amides is 1. The number of fused-ring (bicyclic) bond motifs is 3. The Bertz CT molecular complexity index is 642. The molecule has 6 heteroatoms. The van der Waals surface area contributed by atoms with Crippen LogP contribution in [0.15, 0.2) is 36.4 Å². The Morgan fingerprint density at radius 2 is 2.14 bits per heavy atom. The molecule has 21 heavy (non-hydrogen) atoms. The zero-order valence-electron chi connectivity index (χ0n) is 11.9. The maximum absolute atomic E-state index is 12.8. The summed E-state index contributed by atoms with van der Waals surface area (Å²) in [7, 11) is 2.98. The molecule has 1 aromatic carbocycles. The molecule has 0 radical (unpaired) electrons. The van der Waals surface area contributed by atoms with Crippen LogP contribution in [0.3, 0.4) is 0 Å². The number of carbonyl (C=O) groups excluding carboxylic acids is 1. The molecule has 0 aromatic heterocycles. The number of carbonyl (C=O) groups is 1. The molecule has 0 saturated heterocycles. The van der Waals surface area contributed by atoms with Crippen molar-refractivity contribution in [2.45, 2.75) is 24.0 Å². The highest BCUT2D eigenvalue weighted by Gasteiger charge is 2.67. The van der Waals surface area contributed by atoms with Crippen LogP contribution < -0.4 is 4.90 Å². The van der Waals surface area contributed by atoms with E-state index in [9.17, 15) is 14.9 Å². The van der Waals surface area contributed by atoms with Gasteiger partial charge in [-0.2, -0.15) is 0 Å². The van der Waals surface area contributed by atoms with Crippen LogP contribution in [0.1, 0.15) is 17.9 Å². The van der Waals surface area contributed by atoms with Gasteiger partial charge in [-0.05, 0) is 18.1 Å². The van der Waals surface area contributed by atoms with Gasteiger partial charge < -0.3 is 9.64 Å². The van der Waals surface area contributed by atoms with Crippen molar-refractivity contribution in [3.63, 3.8) is 0 Å². The van der Waals surface area contributed by atoms with Crippen molar-refractivity contribution in [3.8, 4) is 0 Å². The van der Waals surface area contributed by atoms with Gasteiger partial charge in [-0.1, -0.05) is 30.4 Å². The number of benzene rings is 1. The largest absolute Gasteiger partial charge is 0.369 e. The summed E-state index contributed by atoms with van der Waals surface area (Å²) in [5.74, 6) is -1.03. The van der Waals surface area contributed by atoms with Gasteiger partial charge in [0.25, 0.3) is 0 Å². The summed E-state index contributed by atoms with van der Waals surface area (Å²) in [5, 5.41) is 11.9. The first-order valence-corrected chi connectivity index (χ1v) is 6.76. The van der Waals surface area contributed by atoms with E-state index >= 15 is 0 Å². The number of anilines is 1. The van der Waals surface area contributed by atoms with Crippen LogP contribution in [0.25, 0.3) is 0 Å². The van der Waals surface area contributed by atoms with E-state index in [2.05, 4.69) is 0 Å².